The number of rotatable bonds is 4. The first-order chi connectivity index (χ1) is 11.1. The third-order valence-electron chi connectivity index (χ3n) is 4.00. The summed E-state index contributed by atoms with van der Waals surface area (Å²) in [5.41, 5.74) is 3.65. The van der Waals surface area contributed by atoms with Crippen molar-refractivity contribution in [2.45, 2.75) is 13.5 Å². The highest BCUT2D eigenvalue weighted by atomic mass is 16.2. The molecule has 0 bridgehead atoms. The molecular formula is C18H19N3O2. The standard InChI is InChI=1S/C18H19N3O2/c1-13-4-2-3-5-15(13)12-20-17(22)14-6-8-16(9-7-14)21-11-10-19-18(21)23/h2-9H,10-12H2,1H3,(H,19,23)(H,20,22). The highest BCUT2D eigenvalue weighted by molar-refractivity contribution is 5.97. The van der Waals surface area contributed by atoms with E-state index in [9.17, 15) is 9.59 Å². The lowest BCUT2D eigenvalue weighted by atomic mass is 10.1. The molecule has 5 nitrogen and oxygen atoms in total. The molecule has 23 heavy (non-hydrogen) atoms. The molecule has 1 saturated heterocycles. The fourth-order valence-electron chi connectivity index (χ4n) is 2.60. The Hall–Kier alpha value is -2.82. The molecule has 1 heterocycles. The average molecular weight is 309 g/mol. The van der Waals surface area contributed by atoms with Crippen LogP contribution in [0.2, 0.25) is 0 Å². The van der Waals surface area contributed by atoms with Crippen molar-refractivity contribution in [1.82, 2.24) is 10.6 Å². The van der Waals surface area contributed by atoms with E-state index in [1.807, 2.05) is 31.2 Å². The van der Waals surface area contributed by atoms with Gasteiger partial charge in [0.1, 0.15) is 0 Å². The van der Waals surface area contributed by atoms with Crippen LogP contribution in [0.1, 0.15) is 21.5 Å². The zero-order chi connectivity index (χ0) is 16.2. The number of urea groups is 1. The van der Waals surface area contributed by atoms with Crippen molar-refractivity contribution in [2.24, 2.45) is 0 Å². The number of nitrogens with one attached hydrogen (secondary N) is 2. The van der Waals surface area contributed by atoms with Gasteiger partial charge >= 0.3 is 6.03 Å². The Bertz CT molecular complexity index is 725. The summed E-state index contributed by atoms with van der Waals surface area (Å²) in [6, 6.07) is 15.0. The number of anilines is 1. The molecule has 1 aliphatic rings. The molecule has 0 unspecified atom stereocenters. The van der Waals surface area contributed by atoms with E-state index in [2.05, 4.69) is 10.6 Å². The average Bonchev–Trinajstić information content (AvgIpc) is 3.00. The molecule has 118 valence electrons. The van der Waals surface area contributed by atoms with Crippen LogP contribution in [0, 0.1) is 6.92 Å². The molecular weight excluding hydrogens is 290 g/mol. The number of amides is 3. The molecule has 1 fully saturated rings. The van der Waals surface area contributed by atoms with Crippen LogP contribution in [-0.4, -0.2) is 25.0 Å². The predicted molar refractivity (Wildman–Crippen MR) is 89.5 cm³/mol. The lowest BCUT2D eigenvalue weighted by molar-refractivity contribution is 0.0951. The van der Waals surface area contributed by atoms with Gasteiger partial charge in [-0.3, -0.25) is 9.69 Å². The first kappa shape index (κ1) is 15.1. The second-order valence-corrected chi connectivity index (χ2v) is 5.54. The van der Waals surface area contributed by atoms with Crippen LogP contribution >= 0.6 is 0 Å². The van der Waals surface area contributed by atoms with Gasteiger partial charge in [-0.1, -0.05) is 24.3 Å². The van der Waals surface area contributed by atoms with Gasteiger partial charge in [-0.05, 0) is 42.3 Å². The zero-order valence-electron chi connectivity index (χ0n) is 13.0. The summed E-state index contributed by atoms with van der Waals surface area (Å²) in [7, 11) is 0. The van der Waals surface area contributed by atoms with Gasteiger partial charge in [0.25, 0.3) is 5.91 Å². The molecule has 0 atom stereocenters. The van der Waals surface area contributed by atoms with Crippen LogP contribution in [0.25, 0.3) is 0 Å². The SMILES string of the molecule is Cc1ccccc1CNC(=O)c1ccc(N2CCNC2=O)cc1. The third kappa shape index (κ3) is 3.34. The van der Waals surface area contributed by atoms with Gasteiger partial charge in [0.2, 0.25) is 0 Å². The van der Waals surface area contributed by atoms with Gasteiger partial charge in [0, 0.05) is 30.9 Å². The summed E-state index contributed by atoms with van der Waals surface area (Å²) in [5, 5.41) is 5.68. The number of hydrogen-bond acceptors (Lipinski definition) is 2. The Kier molecular flexibility index (Phi) is 4.28. The fraction of sp³-hybridized carbons (Fsp3) is 0.222. The fourth-order valence-corrected chi connectivity index (χ4v) is 2.60. The Morgan fingerprint density at radius 3 is 2.57 bits per heavy atom. The van der Waals surface area contributed by atoms with E-state index in [4.69, 9.17) is 0 Å². The first-order valence-electron chi connectivity index (χ1n) is 7.63. The van der Waals surface area contributed by atoms with Gasteiger partial charge < -0.3 is 10.6 Å². The third-order valence-corrected chi connectivity index (χ3v) is 4.00. The molecule has 2 aromatic rings. The molecule has 0 radical (unpaired) electrons. The maximum Gasteiger partial charge on any atom is 0.321 e. The minimum Gasteiger partial charge on any atom is -0.348 e. The van der Waals surface area contributed by atoms with Gasteiger partial charge in [-0.2, -0.15) is 0 Å². The largest absolute Gasteiger partial charge is 0.348 e. The van der Waals surface area contributed by atoms with Gasteiger partial charge in [0.15, 0.2) is 0 Å². The van der Waals surface area contributed by atoms with Crippen LogP contribution in [0.15, 0.2) is 48.5 Å². The number of aryl methyl sites for hydroxylation is 1. The van der Waals surface area contributed by atoms with E-state index in [1.165, 1.54) is 0 Å². The second-order valence-electron chi connectivity index (χ2n) is 5.54. The second kappa shape index (κ2) is 6.52. The molecule has 0 spiro atoms. The normalized spacial score (nSPS) is 13.8. The molecule has 3 amide bonds. The van der Waals surface area contributed by atoms with Crippen LogP contribution in [0.3, 0.4) is 0 Å². The van der Waals surface area contributed by atoms with E-state index in [1.54, 1.807) is 29.2 Å². The highest BCUT2D eigenvalue weighted by Crippen LogP contribution is 2.17. The number of carbonyl (C=O) groups is 2. The minimum atomic E-state index is -0.120. The monoisotopic (exact) mass is 309 g/mol. The van der Waals surface area contributed by atoms with Crippen molar-refractivity contribution in [3.05, 3.63) is 65.2 Å². The van der Waals surface area contributed by atoms with E-state index < -0.39 is 0 Å². The Morgan fingerprint density at radius 2 is 1.91 bits per heavy atom. The Labute approximate surface area is 135 Å². The lowest BCUT2D eigenvalue weighted by Crippen LogP contribution is -2.28. The number of nitrogens with zero attached hydrogens (tertiary/aromatic N) is 1. The van der Waals surface area contributed by atoms with Crippen molar-refractivity contribution in [3.63, 3.8) is 0 Å². The van der Waals surface area contributed by atoms with Crippen molar-refractivity contribution >= 4 is 17.6 Å². The molecule has 0 aliphatic carbocycles. The summed E-state index contributed by atoms with van der Waals surface area (Å²) in [4.78, 5) is 25.5. The topological polar surface area (TPSA) is 61.4 Å². The molecule has 3 rings (SSSR count). The van der Waals surface area contributed by atoms with E-state index in [0.29, 0.717) is 25.2 Å². The number of benzene rings is 2. The molecule has 2 aromatic carbocycles. The Balaban J connectivity index is 1.64. The molecule has 0 saturated carbocycles. The van der Waals surface area contributed by atoms with Gasteiger partial charge in [-0.15, -0.1) is 0 Å². The summed E-state index contributed by atoms with van der Waals surface area (Å²) in [6.07, 6.45) is 0. The lowest BCUT2D eigenvalue weighted by Gasteiger charge is -2.14. The maximum atomic E-state index is 12.2. The first-order valence-corrected chi connectivity index (χ1v) is 7.63. The van der Waals surface area contributed by atoms with E-state index >= 15 is 0 Å². The Morgan fingerprint density at radius 1 is 1.17 bits per heavy atom. The minimum absolute atomic E-state index is 0.0956. The number of carbonyl (C=O) groups excluding carboxylic acids is 2. The van der Waals surface area contributed by atoms with Gasteiger partial charge in [-0.25, -0.2) is 4.79 Å². The van der Waals surface area contributed by atoms with Crippen molar-refractivity contribution < 1.29 is 9.59 Å². The summed E-state index contributed by atoms with van der Waals surface area (Å²) < 4.78 is 0. The summed E-state index contributed by atoms with van der Waals surface area (Å²) in [5.74, 6) is -0.120. The van der Waals surface area contributed by atoms with Crippen LogP contribution in [-0.2, 0) is 6.54 Å². The van der Waals surface area contributed by atoms with E-state index in [-0.39, 0.29) is 11.9 Å². The molecule has 1 aliphatic heterocycles. The molecule has 5 heteroatoms. The van der Waals surface area contributed by atoms with Gasteiger partial charge in [0.05, 0.1) is 0 Å². The highest BCUT2D eigenvalue weighted by Gasteiger charge is 2.21. The van der Waals surface area contributed by atoms with E-state index in [0.717, 1.165) is 16.8 Å². The number of hydrogen-bond donors (Lipinski definition) is 2. The van der Waals surface area contributed by atoms with Crippen LogP contribution in [0.5, 0.6) is 0 Å². The van der Waals surface area contributed by atoms with Crippen molar-refractivity contribution in [1.29, 1.82) is 0 Å². The quantitative estimate of drug-likeness (QED) is 0.911. The van der Waals surface area contributed by atoms with Crippen molar-refractivity contribution in [3.8, 4) is 0 Å². The summed E-state index contributed by atoms with van der Waals surface area (Å²) in [6.45, 7) is 3.83. The smallest absolute Gasteiger partial charge is 0.321 e. The van der Waals surface area contributed by atoms with Crippen LogP contribution in [0.4, 0.5) is 10.5 Å². The molecule has 2 N–H and O–H groups in total. The molecule has 0 aromatic heterocycles. The summed E-state index contributed by atoms with van der Waals surface area (Å²) >= 11 is 0. The predicted octanol–water partition coefficient (Wildman–Crippen LogP) is 2.45. The van der Waals surface area contributed by atoms with Crippen LogP contribution < -0.4 is 15.5 Å². The maximum absolute atomic E-state index is 12.2. The van der Waals surface area contributed by atoms with Crippen molar-refractivity contribution in [2.75, 3.05) is 18.0 Å². The zero-order valence-corrected chi connectivity index (χ0v) is 13.0.